The topological polar surface area (TPSA) is 416 Å². The molecule has 44 heteroatoms. The Hall–Kier alpha value is -8.23. The number of anilines is 5. The summed E-state index contributed by atoms with van der Waals surface area (Å²) in [5.41, 5.74) is 1.30. The Bertz CT molecular complexity index is 4290. The Morgan fingerprint density at radius 2 is 0.713 bits per heavy atom. The molecule has 3 heterocycles. The number of nitro benzene ring substituents is 4. The first-order valence-corrected chi connectivity index (χ1v) is 33.8. The van der Waals surface area contributed by atoms with Gasteiger partial charge in [-0.15, -0.1) is 24.8 Å². The Morgan fingerprint density at radius 1 is 0.426 bits per heavy atom. The van der Waals surface area contributed by atoms with E-state index in [-0.39, 0.29) is 91.4 Å². The predicted octanol–water partition coefficient (Wildman–Crippen LogP) is 9.06. The summed E-state index contributed by atoms with van der Waals surface area (Å²) in [6, 6.07) is 24.9. The van der Waals surface area contributed by atoms with Crippen LogP contribution < -0.4 is 31.5 Å². The van der Waals surface area contributed by atoms with E-state index < -0.39 is 117 Å². The van der Waals surface area contributed by atoms with Gasteiger partial charge in [0.15, 0.2) is 26.6 Å². The van der Waals surface area contributed by atoms with Gasteiger partial charge in [0.25, 0.3) is 31.8 Å². The molecule has 0 spiro atoms. The fraction of sp³-hybridized carbons (Fsp3) is 0.368. The molecule has 9 rings (SSSR count). The Kier molecular flexibility index (Phi) is 27.7. The number of piperazine rings is 3. The summed E-state index contributed by atoms with van der Waals surface area (Å²) in [7, 11) is -7.51. The number of rotatable bonds is 15. The first-order valence-electron chi connectivity index (χ1n) is 28.7. The van der Waals surface area contributed by atoms with E-state index in [2.05, 4.69) is 10.2 Å². The van der Waals surface area contributed by atoms with Crippen LogP contribution in [0.4, 0.5) is 90.7 Å². The second kappa shape index (κ2) is 32.8. The Labute approximate surface area is 586 Å². The zero-order chi connectivity index (χ0) is 74.4. The summed E-state index contributed by atoms with van der Waals surface area (Å²) in [5, 5.41) is 75.4. The lowest BCUT2D eigenvalue weighted by atomic mass is 9.95. The Morgan fingerprint density at radius 3 is 1.00 bits per heavy atom. The van der Waals surface area contributed by atoms with Crippen molar-refractivity contribution in [3.8, 4) is 0 Å². The van der Waals surface area contributed by atoms with Gasteiger partial charge >= 0.3 is 18.5 Å². The van der Waals surface area contributed by atoms with Crippen LogP contribution in [0.2, 0.25) is 0 Å². The van der Waals surface area contributed by atoms with E-state index in [0.717, 1.165) is 79.5 Å². The number of hydrogen-bond donors (Lipinski definition) is 6. The number of nitrogens with zero attached hydrogens (tertiary/aromatic N) is 9. The van der Waals surface area contributed by atoms with E-state index in [1.807, 2.05) is 4.90 Å². The number of nitrogens with one attached hydrogen (secondary N) is 1. The van der Waals surface area contributed by atoms with Gasteiger partial charge < -0.3 is 46.8 Å². The molecule has 6 aromatic carbocycles. The SMILES string of the molecule is CC(O)(c1ccc(N2CCN(S(=O)(=O)c3ccc(N)cc3N)CC2)cc1)C(F)(F)F.CC(O)(c1ccc(N2CCN(S(=O)(=O)c3ccc([N+](=O)[O-])cc3[N+](=O)[O-])CC2)cc1)C(F)(F)F.CC(O)(c1ccc(N2CCNCC2)cc1)C(F)(F)F.Cl.Cl.O=[N+]([O-])c1ccc(S(=O)(=O)Cl)c([N+](=O)[O-])c1. The largest absolute Gasteiger partial charge is 0.421 e. The first kappa shape index (κ1) is 85.2. The second-order valence-corrected chi connectivity index (χ2v) is 28.8. The minimum absolute atomic E-state index is 0. The molecule has 3 atom stereocenters. The molecule has 556 valence electrons. The third-order valence-corrected chi connectivity index (χ3v) is 21.2. The van der Waals surface area contributed by atoms with Crippen molar-refractivity contribution in [1.29, 1.82) is 0 Å². The van der Waals surface area contributed by atoms with Crippen molar-refractivity contribution in [2.24, 2.45) is 0 Å². The number of nitro groups is 4. The summed E-state index contributed by atoms with van der Waals surface area (Å²) in [6.45, 7) is 6.67. The number of nitrogens with two attached hydrogens (primary N) is 2. The summed E-state index contributed by atoms with van der Waals surface area (Å²) < 4.78 is 192. The van der Waals surface area contributed by atoms with Gasteiger partial charge in [0, 0.05) is 124 Å². The number of aliphatic hydroxyl groups is 3. The summed E-state index contributed by atoms with van der Waals surface area (Å²) in [4.78, 5) is 43.5. The zero-order valence-electron chi connectivity index (χ0n) is 52.7. The van der Waals surface area contributed by atoms with Crippen LogP contribution in [0.1, 0.15) is 37.5 Å². The molecule has 3 aliphatic rings. The van der Waals surface area contributed by atoms with Gasteiger partial charge in [-0.3, -0.25) is 40.5 Å². The average molecular weight is 1560 g/mol. The molecule has 3 fully saturated rings. The van der Waals surface area contributed by atoms with Crippen LogP contribution >= 0.6 is 35.5 Å². The molecule has 0 radical (unpaired) electrons. The molecule has 0 amide bonds. The van der Waals surface area contributed by atoms with Crippen molar-refractivity contribution in [3.63, 3.8) is 0 Å². The molecule has 3 unspecified atom stereocenters. The summed E-state index contributed by atoms with van der Waals surface area (Å²) in [5.74, 6) is 0. The quantitative estimate of drug-likeness (QED) is 0.0183. The van der Waals surface area contributed by atoms with Crippen molar-refractivity contribution < 1.29 is 99.8 Å². The highest BCUT2D eigenvalue weighted by Crippen LogP contribution is 2.42. The molecule has 0 aliphatic carbocycles. The third kappa shape index (κ3) is 20.1. The standard InChI is InChI=1S/C19H19F3N4O7S.C19H23F3N4O3S.C13H17F3N2O.C6H3ClN2O6S.2ClH/c1-18(27,19(20,21)22)13-2-4-14(5-3-13)23-8-10-24(11-9-23)34(32,33)17-7-6-15(25(28)29)12-16(17)26(30)31;1-18(27,19(20,21)22)13-2-5-15(6-3-13)25-8-10-26(11-9-25)30(28,29)17-7-4-14(23)12-16(17)24;1-12(19,13(14,15)16)10-2-4-11(5-3-10)18-8-6-17-7-9-18;7-16(14,15)6-2-1-4(8(10)11)3-5(6)9(12)13;;/h2-7,12,27H,8-11H2,1H3;2-7,12,27H,8-11,23-24H2,1H3;2-5,17,19H,6-9H2,1H3;1-3H;2*1H. The monoisotopic (exact) mass is 1560 g/mol. The summed E-state index contributed by atoms with van der Waals surface area (Å²) >= 11 is 0. The third-order valence-electron chi connectivity index (χ3n) is 15.9. The maximum absolute atomic E-state index is 13.0. The van der Waals surface area contributed by atoms with Crippen LogP contribution in [0.25, 0.3) is 0 Å². The lowest BCUT2D eigenvalue weighted by Gasteiger charge is -2.36. The smallest absolute Gasteiger partial charge is 0.399 e. The highest BCUT2D eigenvalue weighted by molar-refractivity contribution is 8.13. The molecular weight excluding hydrogens is 1500 g/mol. The van der Waals surface area contributed by atoms with Gasteiger partial charge in [0.05, 0.1) is 37.5 Å². The van der Waals surface area contributed by atoms with E-state index in [1.165, 1.54) is 71.0 Å². The first-order chi connectivity index (χ1) is 45.5. The van der Waals surface area contributed by atoms with Gasteiger partial charge in [-0.1, -0.05) is 36.4 Å². The van der Waals surface area contributed by atoms with Crippen molar-refractivity contribution >= 4 is 116 Å². The lowest BCUT2D eigenvalue weighted by Crippen LogP contribution is -2.48. The normalized spacial score (nSPS) is 16.8. The number of halogens is 12. The maximum Gasteiger partial charge on any atom is 0.421 e. The maximum atomic E-state index is 13.0. The number of alkyl halides is 9. The molecule has 0 aromatic heterocycles. The van der Waals surface area contributed by atoms with Gasteiger partial charge in [-0.25, -0.2) is 25.3 Å². The van der Waals surface area contributed by atoms with Crippen molar-refractivity contribution in [1.82, 2.24) is 13.9 Å². The number of benzene rings is 6. The lowest BCUT2D eigenvalue weighted by molar-refractivity contribution is -0.396. The van der Waals surface area contributed by atoms with E-state index in [0.29, 0.717) is 56.1 Å². The molecule has 3 aliphatic heterocycles. The van der Waals surface area contributed by atoms with Crippen molar-refractivity contribution in [2.75, 3.05) is 105 Å². The fourth-order valence-corrected chi connectivity index (χ4v) is 13.9. The number of non-ortho nitro benzene ring substituents is 2. The molecule has 0 saturated carbocycles. The molecule has 6 aromatic rings. The summed E-state index contributed by atoms with van der Waals surface area (Å²) in [6.07, 6.45) is -14.3. The molecule has 29 nitrogen and oxygen atoms in total. The minimum Gasteiger partial charge on any atom is -0.399 e. The van der Waals surface area contributed by atoms with E-state index in [1.54, 1.807) is 17.0 Å². The average Bonchev–Trinajstić information content (AvgIpc) is 0.793. The Balaban J connectivity index is 0.000000295. The minimum atomic E-state index is -4.87. The highest BCUT2D eigenvalue weighted by atomic mass is 35.7. The van der Waals surface area contributed by atoms with Crippen molar-refractivity contribution in [3.05, 3.63) is 185 Å². The van der Waals surface area contributed by atoms with E-state index in [4.69, 9.17) is 22.1 Å². The van der Waals surface area contributed by atoms with Crippen LogP contribution in [0.5, 0.6) is 0 Å². The number of nitrogen functional groups attached to an aromatic ring is 2. The predicted molar refractivity (Wildman–Crippen MR) is 356 cm³/mol. The number of hydrogen-bond acceptors (Lipinski definition) is 23. The van der Waals surface area contributed by atoms with Gasteiger partial charge in [0.1, 0.15) is 4.90 Å². The second-order valence-electron chi connectivity index (χ2n) is 22.4. The fourth-order valence-electron chi connectivity index (χ4n) is 9.81. The van der Waals surface area contributed by atoms with Crippen molar-refractivity contribution in [2.45, 2.75) is 70.8 Å². The van der Waals surface area contributed by atoms with Crippen LogP contribution in [0, 0.1) is 40.5 Å². The van der Waals surface area contributed by atoms with Gasteiger partial charge in [0.2, 0.25) is 20.0 Å². The molecule has 101 heavy (non-hydrogen) atoms. The van der Waals surface area contributed by atoms with Crippen LogP contribution in [-0.4, -0.2) is 166 Å². The van der Waals surface area contributed by atoms with E-state index in [9.17, 15) is 121 Å². The van der Waals surface area contributed by atoms with Gasteiger partial charge in [-0.05, 0) is 104 Å². The molecular formula is C57H64Cl3F9N12O17S3. The molecule has 8 N–H and O–H groups in total. The van der Waals surface area contributed by atoms with Crippen LogP contribution in [-0.2, 0) is 45.9 Å². The van der Waals surface area contributed by atoms with Crippen LogP contribution in [0.15, 0.2) is 142 Å². The van der Waals surface area contributed by atoms with E-state index >= 15 is 0 Å². The van der Waals surface area contributed by atoms with Gasteiger partial charge in [-0.2, -0.15) is 48.1 Å². The number of sulfonamides is 2. The molecule has 3 saturated heterocycles. The molecule has 0 bridgehead atoms. The highest BCUT2D eigenvalue weighted by Gasteiger charge is 2.53. The van der Waals surface area contributed by atoms with Crippen LogP contribution in [0.3, 0.4) is 0 Å². The zero-order valence-corrected chi connectivity index (χ0v) is 57.5.